The minimum Gasteiger partial charge on any atom is -0.494 e. The predicted octanol–water partition coefficient (Wildman–Crippen LogP) is 3.01. The molecule has 0 bridgehead atoms. The lowest BCUT2D eigenvalue weighted by Gasteiger charge is -2.01. The van der Waals surface area contributed by atoms with Gasteiger partial charge in [0.15, 0.2) is 0 Å². The second kappa shape index (κ2) is 5.12. The Hall–Kier alpha value is -1.97. The highest BCUT2D eigenvalue weighted by molar-refractivity contribution is 5.96. The summed E-state index contributed by atoms with van der Waals surface area (Å²) in [6.07, 6.45) is 3.99. The molecule has 18 heavy (non-hydrogen) atoms. The average molecular weight is 246 g/mol. The number of benzene rings is 1. The molecule has 1 amide bonds. The van der Waals surface area contributed by atoms with Gasteiger partial charge in [-0.15, -0.1) is 0 Å². The Balaban J connectivity index is 2.51. The third-order valence-electron chi connectivity index (χ3n) is 3.20. The van der Waals surface area contributed by atoms with Gasteiger partial charge in [0, 0.05) is 10.9 Å². The number of aromatic nitrogens is 1. The van der Waals surface area contributed by atoms with Gasteiger partial charge in [0.25, 0.3) is 0 Å². The van der Waals surface area contributed by atoms with Gasteiger partial charge in [-0.3, -0.25) is 0 Å². The van der Waals surface area contributed by atoms with Crippen molar-refractivity contribution in [2.45, 2.75) is 32.6 Å². The summed E-state index contributed by atoms with van der Waals surface area (Å²) in [6.45, 7) is 2.13. The van der Waals surface area contributed by atoms with Gasteiger partial charge in [-0.1, -0.05) is 38.0 Å². The van der Waals surface area contributed by atoms with Gasteiger partial charge in [-0.05, 0) is 18.9 Å². The number of rotatable bonds is 4. The third-order valence-corrected chi connectivity index (χ3v) is 3.20. The van der Waals surface area contributed by atoms with Crippen LogP contribution in [0.3, 0.4) is 0 Å². The highest BCUT2D eigenvalue weighted by Crippen LogP contribution is 2.32. The molecule has 1 aromatic carbocycles. The Kier molecular flexibility index (Phi) is 3.55. The molecule has 0 fully saturated rings. The summed E-state index contributed by atoms with van der Waals surface area (Å²) in [5.41, 5.74) is 6.81. The molecule has 0 radical (unpaired) electrons. The van der Waals surface area contributed by atoms with Crippen molar-refractivity contribution in [2.24, 2.45) is 5.73 Å². The van der Waals surface area contributed by atoms with E-state index in [9.17, 15) is 9.90 Å². The first-order valence-electron chi connectivity index (χ1n) is 6.28. The van der Waals surface area contributed by atoms with Crippen molar-refractivity contribution in [3.63, 3.8) is 0 Å². The minimum atomic E-state index is -0.648. The van der Waals surface area contributed by atoms with Gasteiger partial charge >= 0.3 is 6.03 Å². The maximum atomic E-state index is 11.4. The topological polar surface area (TPSA) is 68.2 Å². The third kappa shape index (κ3) is 2.06. The van der Waals surface area contributed by atoms with Crippen molar-refractivity contribution in [1.29, 1.82) is 0 Å². The molecule has 1 heterocycles. The smallest absolute Gasteiger partial charge is 0.326 e. The summed E-state index contributed by atoms with van der Waals surface area (Å²) in [5, 5.41) is 11.1. The molecular formula is C14H18N2O2. The first-order chi connectivity index (χ1) is 8.66. The van der Waals surface area contributed by atoms with Gasteiger partial charge in [0.05, 0.1) is 5.52 Å². The highest BCUT2D eigenvalue weighted by Gasteiger charge is 2.18. The van der Waals surface area contributed by atoms with Crippen LogP contribution in [0.25, 0.3) is 10.9 Å². The monoisotopic (exact) mass is 246 g/mol. The quantitative estimate of drug-likeness (QED) is 0.814. The van der Waals surface area contributed by atoms with E-state index in [4.69, 9.17) is 5.73 Å². The van der Waals surface area contributed by atoms with Crippen LogP contribution in [0.4, 0.5) is 4.79 Å². The predicted molar refractivity (Wildman–Crippen MR) is 71.8 cm³/mol. The average Bonchev–Trinajstić information content (AvgIpc) is 2.63. The molecule has 4 nitrogen and oxygen atoms in total. The lowest BCUT2D eigenvalue weighted by atomic mass is 10.1. The number of hydrogen-bond donors (Lipinski definition) is 2. The maximum Gasteiger partial charge on any atom is 0.326 e. The van der Waals surface area contributed by atoms with E-state index in [1.807, 2.05) is 18.2 Å². The number of para-hydroxylation sites is 1. The molecule has 96 valence electrons. The molecule has 0 aliphatic rings. The number of fused-ring (bicyclic) bond motifs is 1. The molecular weight excluding hydrogens is 228 g/mol. The van der Waals surface area contributed by atoms with Crippen LogP contribution in [0.5, 0.6) is 5.88 Å². The number of hydrogen-bond acceptors (Lipinski definition) is 2. The van der Waals surface area contributed by atoms with Crippen LogP contribution in [0.1, 0.15) is 31.7 Å². The van der Waals surface area contributed by atoms with Gasteiger partial charge in [-0.25, -0.2) is 9.36 Å². The maximum absolute atomic E-state index is 11.4. The summed E-state index contributed by atoms with van der Waals surface area (Å²) in [4.78, 5) is 11.4. The Morgan fingerprint density at radius 2 is 2.06 bits per heavy atom. The molecule has 4 heteroatoms. The van der Waals surface area contributed by atoms with Crippen LogP contribution in [-0.2, 0) is 6.42 Å². The lowest BCUT2D eigenvalue weighted by Crippen LogP contribution is -2.18. The normalized spacial score (nSPS) is 10.9. The number of amides is 1. The largest absolute Gasteiger partial charge is 0.494 e. The van der Waals surface area contributed by atoms with Gasteiger partial charge in [-0.2, -0.15) is 0 Å². The van der Waals surface area contributed by atoms with E-state index >= 15 is 0 Å². The number of nitrogens with zero attached hydrogens (tertiary/aromatic N) is 1. The van der Waals surface area contributed by atoms with Crippen molar-refractivity contribution in [2.75, 3.05) is 0 Å². The number of primary amides is 1. The second-order valence-corrected chi connectivity index (χ2v) is 4.45. The molecule has 2 rings (SSSR count). The fraction of sp³-hybridized carbons (Fsp3) is 0.357. The molecule has 1 aromatic heterocycles. The molecule has 0 atom stereocenters. The first-order valence-corrected chi connectivity index (χ1v) is 6.28. The zero-order valence-electron chi connectivity index (χ0n) is 10.5. The molecule has 0 aliphatic carbocycles. The van der Waals surface area contributed by atoms with Crippen LogP contribution in [0.2, 0.25) is 0 Å². The Bertz CT molecular complexity index is 572. The van der Waals surface area contributed by atoms with Crippen LogP contribution >= 0.6 is 0 Å². The van der Waals surface area contributed by atoms with Crippen LogP contribution < -0.4 is 5.73 Å². The van der Waals surface area contributed by atoms with E-state index in [0.717, 1.165) is 36.6 Å². The molecule has 0 spiro atoms. The summed E-state index contributed by atoms with van der Waals surface area (Å²) >= 11 is 0. The van der Waals surface area contributed by atoms with E-state index in [1.165, 1.54) is 4.57 Å². The number of carbonyl (C=O) groups is 1. The van der Waals surface area contributed by atoms with Crippen molar-refractivity contribution in [3.8, 4) is 5.88 Å². The van der Waals surface area contributed by atoms with Crippen LogP contribution in [0, 0.1) is 0 Å². The fourth-order valence-electron chi connectivity index (χ4n) is 2.31. The van der Waals surface area contributed by atoms with Crippen molar-refractivity contribution in [3.05, 3.63) is 29.8 Å². The summed E-state index contributed by atoms with van der Waals surface area (Å²) in [6, 6.07) is 6.79. The molecule has 2 aromatic rings. The Morgan fingerprint density at radius 1 is 1.33 bits per heavy atom. The van der Waals surface area contributed by atoms with E-state index in [0.29, 0.717) is 5.52 Å². The number of nitrogens with two attached hydrogens (primary N) is 1. The van der Waals surface area contributed by atoms with Gasteiger partial charge in [0.2, 0.25) is 5.88 Å². The number of aromatic hydroxyl groups is 1. The zero-order chi connectivity index (χ0) is 13.1. The first kappa shape index (κ1) is 12.5. The summed E-state index contributed by atoms with van der Waals surface area (Å²) in [5.74, 6) is -0.0141. The molecule has 0 unspecified atom stereocenters. The van der Waals surface area contributed by atoms with E-state index in [1.54, 1.807) is 6.07 Å². The number of aryl methyl sites for hydroxylation is 1. The summed E-state index contributed by atoms with van der Waals surface area (Å²) < 4.78 is 1.18. The van der Waals surface area contributed by atoms with Gasteiger partial charge < -0.3 is 10.8 Å². The summed E-state index contributed by atoms with van der Waals surface area (Å²) in [7, 11) is 0. The number of carbonyl (C=O) groups excluding carboxylic acids is 1. The molecule has 0 aliphatic heterocycles. The standard InChI is InChI=1S/C14H18N2O2/c1-2-3-4-8-11-10-7-5-6-9-12(10)16(13(11)17)14(15)18/h5-7,9,17H,2-4,8H2,1H3,(H2,15,18). The van der Waals surface area contributed by atoms with E-state index in [-0.39, 0.29) is 5.88 Å². The van der Waals surface area contributed by atoms with Crippen molar-refractivity contribution < 1.29 is 9.90 Å². The van der Waals surface area contributed by atoms with E-state index < -0.39 is 6.03 Å². The Labute approximate surface area is 106 Å². The highest BCUT2D eigenvalue weighted by atomic mass is 16.3. The van der Waals surface area contributed by atoms with Crippen LogP contribution in [0.15, 0.2) is 24.3 Å². The van der Waals surface area contributed by atoms with Crippen LogP contribution in [-0.4, -0.2) is 15.7 Å². The fourth-order valence-corrected chi connectivity index (χ4v) is 2.31. The number of unbranched alkanes of at least 4 members (excludes halogenated alkanes) is 2. The second-order valence-electron chi connectivity index (χ2n) is 4.45. The molecule has 0 saturated carbocycles. The Morgan fingerprint density at radius 3 is 2.72 bits per heavy atom. The van der Waals surface area contributed by atoms with Gasteiger partial charge in [0.1, 0.15) is 0 Å². The molecule has 3 N–H and O–H groups in total. The van der Waals surface area contributed by atoms with E-state index in [2.05, 4.69) is 6.92 Å². The van der Waals surface area contributed by atoms with Crippen molar-refractivity contribution in [1.82, 2.24) is 4.57 Å². The molecule has 0 saturated heterocycles. The zero-order valence-corrected chi connectivity index (χ0v) is 10.5. The van der Waals surface area contributed by atoms with Crippen molar-refractivity contribution >= 4 is 16.9 Å². The minimum absolute atomic E-state index is 0.0141. The lowest BCUT2D eigenvalue weighted by molar-refractivity contribution is 0.248. The SMILES string of the molecule is CCCCCc1c(O)n(C(N)=O)c2ccccc12.